The van der Waals surface area contributed by atoms with Crippen LogP contribution in [-0.2, 0) is 6.54 Å². The molecule has 0 aromatic carbocycles. The Bertz CT molecular complexity index is 606. The van der Waals surface area contributed by atoms with Crippen LogP contribution in [0.5, 0.6) is 0 Å². The average molecular weight is 333 g/mol. The van der Waals surface area contributed by atoms with E-state index in [9.17, 15) is 4.79 Å². The Labute approximate surface area is 140 Å². The van der Waals surface area contributed by atoms with Gasteiger partial charge in [0.15, 0.2) is 0 Å². The van der Waals surface area contributed by atoms with Crippen molar-refractivity contribution in [2.75, 3.05) is 20.6 Å². The summed E-state index contributed by atoms with van der Waals surface area (Å²) in [6.45, 7) is 1.23. The highest BCUT2D eigenvalue weighted by Crippen LogP contribution is 2.29. The van der Waals surface area contributed by atoms with Crippen LogP contribution in [0, 0.1) is 0 Å². The number of thiophene rings is 1. The average Bonchev–Trinajstić information content (AvgIpc) is 3.01. The molecule has 124 valence electrons. The molecule has 1 N–H and O–H groups in total. The van der Waals surface area contributed by atoms with Crippen LogP contribution < -0.4 is 5.32 Å². The van der Waals surface area contributed by atoms with Crippen molar-refractivity contribution in [3.05, 3.63) is 46.5 Å². The molecule has 0 saturated heterocycles. The number of amides is 2. The zero-order valence-corrected chi connectivity index (χ0v) is 14.4. The van der Waals surface area contributed by atoms with Crippen LogP contribution in [0.3, 0.4) is 0 Å². The topological polar surface area (TPSA) is 48.7 Å². The molecule has 0 bridgehead atoms. The summed E-state index contributed by atoms with van der Waals surface area (Å²) in [7, 11) is 3.98. The molecule has 1 saturated carbocycles. The summed E-state index contributed by atoms with van der Waals surface area (Å²) in [4.78, 5) is 17.9. The maximum Gasteiger partial charge on any atom is 0.318 e. The van der Waals surface area contributed by atoms with Crippen LogP contribution >= 0.6 is 11.3 Å². The van der Waals surface area contributed by atoms with E-state index in [-0.39, 0.29) is 12.1 Å². The lowest BCUT2D eigenvalue weighted by molar-refractivity contribution is 0.184. The lowest BCUT2D eigenvalue weighted by atomic mass is 10.2. The first-order valence-corrected chi connectivity index (χ1v) is 8.80. The van der Waals surface area contributed by atoms with Crippen molar-refractivity contribution in [1.82, 2.24) is 15.1 Å². The third-order valence-corrected chi connectivity index (χ3v) is 4.96. The summed E-state index contributed by atoms with van der Waals surface area (Å²) in [5.41, 5.74) is 0. The molecule has 2 heterocycles. The van der Waals surface area contributed by atoms with Gasteiger partial charge in [-0.25, -0.2) is 4.79 Å². The van der Waals surface area contributed by atoms with E-state index in [0.717, 1.165) is 18.6 Å². The smallest absolute Gasteiger partial charge is 0.318 e. The van der Waals surface area contributed by atoms with E-state index in [2.05, 4.69) is 21.7 Å². The summed E-state index contributed by atoms with van der Waals surface area (Å²) in [5.74, 6) is 0.867. The number of rotatable bonds is 7. The highest BCUT2D eigenvalue weighted by atomic mass is 32.1. The van der Waals surface area contributed by atoms with Crippen LogP contribution in [-0.4, -0.2) is 42.5 Å². The second-order valence-electron chi connectivity index (χ2n) is 6.12. The monoisotopic (exact) mass is 333 g/mol. The van der Waals surface area contributed by atoms with E-state index in [4.69, 9.17) is 4.42 Å². The number of carbonyl (C=O) groups is 1. The molecular formula is C17H23N3O2S. The molecule has 2 aromatic rings. The molecular weight excluding hydrogens is 310 g/mol. The van der Waals surface area contributed by atoms with Crippen LogP contribution in [0.4, 0.5) is 4.79 Å². The van der Waals surface area contributed by atoms with Gasteiger partial charge in [0.05, 0.1) is 18.8 Å². The Hall–Kier alpha value is -1.79. The van der Waals surface area contributed by atoms with Crippen LogP contribution in [0.25, 0.3) is 0 Å². The molecule has 2 aromatic heterocycles. The number of hydrogen-bond donors (Lipinski definition) is 1. The van der Waals surface area contributed by atoms with Gasteiger partial charge in [-0.15, -0.1) is 11.3 Å². The van der Waals surface area contributed by atoms with Crippen LogP contribution in [0.1, 0.15) is 29.5 Å². The molecule has 0 aliphatic heterocycles. The normalized spacial score (nSPS) is 15.6. The largest absolute Gasteiger partial charge is 0.468 e. The summed E-state index contributed by atoms with van der Waals surface area (Å²) in [6.07, 6.45) is 3.88. The van der Waals surface area contributed by atoms with Gasteiger partial charge in [-0.2, -0.15) is 0 Å². The number of carbonyl (C=O) groups excluding carboxylic acids is 1. The fourth-order valence-corrected chi connectivity index (χ4v) is 3.33. The zero-order chi connectivity index (χ0) is 16.2. The Morgan fingerprint density at radius 3 is 2.78 bits per heavy atom. The lowest BCUT2D eigenvalue weighted by Crippen LogP contribution is -2.43. The minimum atomic E-state index is 0.0132. The first-order valence-electron chi connectivity index (χ1n) is 7.92. The van der Waals surface area contributed by atoms with Crippen molar-refractivity contribution in [3.8, 4) is 0 Å². The molecule has 3 rings (SSSR count). The van der Waals surface area contributed by atoms with Gasteiger partial charge in [-0.05, 0) is 50.5 Å². The third kappa shape index (κ3) is 4.14. The number of likely N-dealkylation sites (N-methyl/N-ethyl adjacent to an activating group) is 1. The molecule has 1 aliphatic rings. The molecule has 5 nitrogen and oxygen atoms in total. The Kier molecular flexibility index (Phi) is 5.03. The van der Waals surface area contributed by atoms with Crippen LogP contribution in [0.2, 0.25) is 0 Å². The predicted octanol–water partition coefficient (Wildman–Crippen LogP) is 3.32. The Morgan fingerprint density at radius 2 is 2.22 bits per heavy atom. The molecule has 1 unspecified atom stereocenters. The molecule has 23 heavy (non-hydrogen) atoms. The summed E-state index contributed by atoms with van der Waals surface area (Å²) in [5, 5.41) is 5.13. The predicted molar refractivity (Wildman–Crippen MR) is 91.4 cm³/mol. The second kappa shape index (κ2) is 7.19. The molecule has 0 radical (unpaired) electrons. The first-order chi connectivity index (χ1) is 11.1. The minimum Gasteiger partial charge on any atom is -0.468 e. The SMILES string of the molecule is CN(C)C(CNC(=O)N(Cc1cccs1)C1CC1)c1ccco1. The Morgan fingerprint density at radius 1 is 1.39 bits per heavy atom. The van der Waals surface area contributed by atoms with Gasteiger partial charge in [0, 0.05) is 17.5 Å². The van der Waals surface area contributed by atoms with E-state index in [1.54, 1.807) is 17.6 Å². The lowest BCUT2D eigenvalue weighted by Gasteiger charge is -2.26. The van der Waals surface area contributed by atoms with Crippen molar-refractivity contribution in [1.29, 1.82) is 0 Å². The molecule has 1 aliphatic carbocycles. The van der Waals surface area contributed by atoms with Gasteiger partial charge in [0.1, 0.15) is 5.76 Å². The summed E-state index contributed by atoms with van der Waals surface area (Å²) >= 11 is 1.70. The highest BCUT2D eigenvalue weighted by molar-refractivity contribution is 7.09. The number of furan rings is 1. The molecule has 1 fully saturated rings. The number of nitrogens with zero attached hydrogens (tertiary/aromatic N) is 2. The zero-order valence-electron chi connectivity index (χ0n) is 13.6. The quantitative estimate of drug-likeness (QED) is 0.845. The van der Waals surface area contributed by atoms with E-state index in [1.165, 1.54) is 4.88 Å². The maximum absolute atomic E-state index is 12.6. The van der Waals surface area contributed by atoms with Crippen molar-refractivity contribution in [2.24, 2.45) is 0 Å². The first kappa shape index (κ1) is 16.1. The summed E-state index contributed by atoms with van der Waals surface area (Å²) < 4.78 is 5.49. The fraction of sp³-hybridized carbons (Fsp3) is 0.471. The van der Waals surface area contributed by atoms with Crippen molar-refractivity contribution in [2.45, 2.75) is 31.5 Å². The van der Waals surface area contributed by atoms with Crippen molar-refractivity contribution in [3.63, 3.8) is 0 Å². The van der Waals surface area contributed by atoms with Gasteiger partial charge in [0.25, 0.3) is 0 Å². The third-order valence-electron chi connectivity index (χ3n) is 4.10. The van der Waals surface area contributed by atoms with Crippen LogP contribution in [0.15, 0.2) is 40.3 Å². The molecule has 0 spiro atoms. The van der Waals surface area contributed by atoms with E-state index >= 15 is 0 Å². The van der Waals surface area contributed by atoms with Gasteiger partial charge >= 0.3 is 6.03 Å². The van der Waals surface area contributed by atoms with Gasteiger partial charge < -0.3 is 14.6 Å². The second-order valence-corrected chi connectivity index (χ2v) is 7.15. The van der Waals surface area contributed by atoms with Gasteiger partial charge in [-0.3, -0.25) is 4.90 Å². The van der Waals surface area contributed by atoms with Crippen molar-refractivity contribution >= 4 is 17.4 Å². The summed E-state index contributed by atoms with van der Waals surface area (Å²) in [6, 6.07) is 8.37. The number of urea groups is 1. The Balaban J connectivity index is 1.60. The maximum atomic E-state index is 12.6. The van der Waals surface area contributed by atoms with Gasteiger partial charge in [-0.1, -0.05) is 6.07 Å². The molecule has 2 amide bonds. The fourth-order valence-electron chi connectivity index (χ4n) is 2.63. The minimum absolute atomic E-state index is 0.0132. The van der Waals surface area contributed by atoms with Gasteiger partial charge in [0.2, 0.25) is 0 Å². The van der Waals surface area contributed by atoms with Crippen molar-refractivity contribution < 1.29 is 9.21 Å². The number of nitrogens with one attached hydrogen (secondary N) is 1. The number of hydrogen-bond acceptors (Lipinski definition) is 4. The highest BCUT2D eigenvalue weighted by Gasteiger charge is 2.33. The molecule has 6 heteroatoms. The molecule has 1 atom stereocenters. The van der Waals surface area contributed by atoms with E-state index in [0.29, 0.717) is 19.1 Å². The van der Waals surface area contributed by atoms with E-state index in [1.807, 2.05) is 37.2 Å². The van der Waals surface area contributed by atoms with E-state index < -0.39 is 0 Å². The standard InChI is InChI=1S/C17H23N3O2S/c1-19(2)15(16-6-3-9-22-16)11-18-17(21)20(13-7-8-13)12-14-5-4-10-23-14/h3-6,9-10,13,15H,7-8,11-12H2,1-2H3,(H,18,21).